The van der Waals surface area contributed by atoms with Crippen molar-refractivity contribution in [1.29, 1.82) is 5.26 Å². The van der Waals surface area contributed by atoms with Crippen LogP contribution in [0.15, 0.2) is 60.7 Å². The molecule has 0 radical (unpaired) electrons. The summed E-state index contributed by atoms with van der Waals surface area (Å²) in [6.07, 6.45) is 2.39. The highest BCUT2D eigenvalue weighted by Gasteiger charge is 2.37. The fraction of sp³-hybridized carbons (Fsp3) is 0.379. The van der Waals surface area contributed by atoms with E-state index in [-0.39, 0.29) is 6.03 Å². The highest BCUT2D eigenvalue weighted by molar-refractivity contribution is 5.90. The number of anilines is 2. The number of hydrogen-bond acceptors (Lipinski definition) is 7. The second-order valence-corrected chi connectivity index (χ2v) is 9.66. The van der Waals surface area contributed by atoms with Crippen LogP contribution in [-0.4, -0.2) is 91.4 Å². The second kappa shape index (κ2) is 14.0. The maximum atomic E-state index is 13.0. The van der Waals surface area contributed by atoms with Crippen molar-refractivity contribution in [2.45, 2.75) is 18.3 Å². The van der Waals surface area contributed by atoms with E-state index < -0.39 is 17.4 Å². The van der Waals surface area contributed by atoms with Gasteiger partial charge < -0.3 is 35.0 Å². The minimum Gasteiger partial charge on any atom is -0.495 e. The normalized spacial score (nSPS) is 16.8. The van der Waals surface area contributed by atoms with E-state index >= 15 is 0 Å². The number of urea groups is 1. The smallest absolute Gasteiger partial charge is 0.328 e. The van der Waals surface area contributed by atoms with Gasteiger partial charge in [-0.1, -0.05) is 30.3 Å². The van der Waals surface area contributed by atoms with Crippen LogP contribution in [0.2, 0.25) is 0 Å². The van der Waals surface area contributed by atoms with Crippen molar-refractivity contribution in [1.82, 2.24) is 9.80 Å². The summed E-state index contributed by atoms with van der Waals surface area (Å²) in [4.78, 5) is 38.5. The van der Waals surface area contributed by atoms with E-state index in [0.717, 1.165) is 48.9 Å². The third kappa shape index (κ3) is 7.97. The quantitative estimate of drug-likeness (QED) is 0.462. The van der Waals surface area contributed by atoms with Crippen LogP contribution in [0.1, 0.15) is 18.4 Å². The van der Waals surface area contributed by atoms with E-state index in [0.29, 0.717) is 38.1 Å². The number of piperazine rings is 1. The maximum Gasteiger partial charge on any atom is 0.328 e. The highest BCUT2D eigenvalue weighted by Crippen LogP contribution is 2.36. The number of nitrogens with zero attached hydrogens (tertiary/aromatic N) is 4. The van der Waals surface area contributed by atoms with Crippen LogP contribution in [0, 0.1) is 11.3 Å². The van der Waals surface area contributed by atoms with Crippen molar-refractivity contribution < 1.29 is 29.3 Å². The van der Waals surface area contributed by atoms with Crippen LogP contribution in [0.3, 0.4) is 0 Å². The molecule has 2 aromatic rings. The Morgan fingerprint density at radius 2 is 1.55 bits per heavy atom. The van der Waals surface area contributed by atoms with Crippen LogP contribution in [0.4, 0.5) is 16.2 Å². The Morgan fingerprint density at radius 1 is 0.950 bits per heavy atom. The maximum absolute atomic E-state index is 13.0. The number of hydrogen-bond donors (Lipinski definition) is 3. The van der Waals surface area contributed by atoms with E-state index in [2.05, 4.69) is 28.2 Å². The predicted molar refractivity (Wildman–Crippen MR) is 151 cm³/mol. The monoisotopic (exact) mass is 549 g/mol. The zero-order chi connectivity index (χ0) is 29.1. The molecule has 4 rings (SSSR count). The number of methoxy groups -OCH3 is 1. The summed E-state index contributed by atoms with van der Waals surface area (Å²) < 4.78 is 5.57. The Hall–Kier alpha value is -4.56. The van der Waals surface area contributed by atoms with Crippen LogP contribution in [0.25, 0.3) is 0 Å². The number of carboxylic acids is 2. The molecule has 0 bridgehead atoms. The second-order valence-electron chi connectivity index (χ2n) is 9.66. The number of carboxylic acid groups (broad SMARTS) is 2. The van der Waals surface area contributed by atoms with Gasteiger partial charge in [0.2, 0.25) is 0 Å². The Labute approximate surface area is 233 Å². The minimum atomic E-state index is -1.26. The summed E-state index contributed by atoms with van der Waals surface area (Å²) in [5.41, 5.74) is 2.27. The first-order valence-corrected chi connectivity index (χ1v) is 13.0. The number of carbonyl (C=O) groups is 3. The summed E-state index contributed by atoms with van der Waals surface area (Å²) in [6, 6.07) is 18.1. The number of likely N-dealkylation sites (tertiary alicyclic amines) is 1. The van der Waals surface area contributed by atoms with E-state index in [1.54, 1.807) is 12.0 Å². The highest BCUT2D eigenvalue weighted by atomic mass is 16.5. The summed E-state index contributed by atoms with van der Waals surface area (Å²) in [6.45, 7) is 4.94. The fourth-order valence-corrected chi connectivity index (χ4v) is 4.72. The summed E-state index contributed by atoms with van der Waals surface area (Å²) in [7, 11) is 3.80. The molecule has 2 heterocycles. The molecule has 212 valence electrons. The molecule has 0 aromatic heterocycles. The standard InChI is InChI=1S/C25H31N5O2.C4H4O4/c1-28-14-16-29(17-15-28)22-18-21(8-9-23(22)32-2)27-24(31)30-12-10-25(19-26,11-13-30)20-6-4-3-5-7-20;5-3(6)1-2-4(7)8/h3-9,18H,10-17H2,1-2H3,(H,27,31);1-2H,(H,5,6)(H,7,8)/b;2-1+. The molecule has 2 saturated heterocycles. The number of piperidine rings is 1. The number of benzene rings is 2. The molecule has 0 saturated carbocycles. The zero-order valence-electron chi connectivity index (χ0n) is 22.7. The van der Waals surface area contributed by atoms with E-state index in [1.165, 1.54) is 0 Å². The summed E-state index contributed by atoms with van der Waals surface area (Å²) >= 11 is 0. The molecule has 11 heteroatoms. The SMILES string of the molecule is COc1ccc(NC(=O)N2CCC(C#N)(c3ccccc3)CC2)cc1N1CCN(C)CC1.O=C(O)/C=C/C(=O)O. The predicted octanol–water partition coefficient (Wildman–Crippen LogP) is 3.25. The number of rotatable bonds is 6. The van der Waals surface area contributed by atoms with E-state index in [9.17, 15) is 19.6 Å². The van der Waals surface area contributed by atoms with Gasteiger partial charge in [-0.3, -0.25) is 0 Å². The molecule has 0 unspecified atom stereocenters. The van der Waals surface area contributed by atoms with Gasteiger partial charge in [-0.15, -0.1) is 0 Å². The zero-order valence-corrected chi connectivity index (χ0v) is 22.7. The molecule has 40 heavy (non-hydrogen) atoms. The lowest BCUT2D eigenvalue weighted by molar-refractivity contribution is -0.134. The van der Waals surface area contributed by atoms with Crippen molar-refractivity contribution in [3.05, 3.63) is 66.2 Å². The molecule has 3 N–H and O–H groups in total. The number of aliphatic carboxylic acids is 2. The Kier molecular flexibility index (Phi) is 10.5. The molecular formula is C29H35N5O6. The van der Waals surface area contributed by atoms with Gasteiger partial charge in [-0.2, -0.15) is 5.26 Å². The number of amides is 2. The number of nitriles is 1. The Bertz CT molecular complexity index is 1230. The topological polar surface area (TPSA) is 146 Å². The van der Waals surface area contributed by atoms with Gasteiger partial charge in [0.15, 0.2) is 0 Å². The molecule has 2 amide bonds. The molecule has 0 aliphatic carbocycles. The van der Waals surface area contributed by atoms with E-state index in [1.807, 2.05) is 48.5 Å². The first kappa shape index (κ1) is 30.0. The van der Waals surface area contributed by atoms with Crippen molar-refractivity contribution in [3.63, 3.8) is 0 Å². The van der Waals surface area contributed by atoms with Gasteiger partial charge in [0.25, 0.3) is 0 Å². The molecule has 11 nitrogen and oxygen atoms in total. The average Bonchev–Trinajstić information content (AvgIpc) is 2.97. The molecular weight excluding hydrogens is 514 g/mol. The van der Waals surface area contributed by atoms with Crippen LogP contribution < -0.4 is 15.0 Å². The van der Waals surface area contributed by atoms with Crippen LogP contribution in [-0.2, 0) is 15.0 Å². The third-order valence-electron chi connectivity index (χ3n) is 7.09. The number of likely N-dealkylation sites (N-methyl/N-ethyl adjacent to an activating group) is 1. The van der Waals surface area contributed by atoms with Crippen molar-refractivity contribution in [2.75, 3.05) is 63.6 Å². The lowest BCUT2D eigenvalue weighted by Gasteiger charge is -2.37. The number of ether oxygens (including phenoxy) is 1. The van der Waals surface area contributed by atoms with Crippen molar-refractivity contribution in [2.24, 2.45) is 0 Å². The molecule has 2 aliphatic heterocycles. The lowest BCUT2D eigenvalue weighted by Crippen LogP contribution is -2.46. The molecule has 2 aliphatic rings. The Morgan fingerprint density at radius 3 is 2.08 bits per heavy atom. The number of carbonyl (C=O) groups excluding carboxylic acids is 1. The van der Waals surface area contributed by atoms with Gasteiger partial charge in [-0.05, 0) is 43.7 Å². The fourth-order valence-electron chi connectivity index (χ4n) is 4.72. The first-order chi connectivity index (χ1) is 19.2. The van der Waals surface area contributed by atoms with Gasteiger partial charge in [0, 0.05) is 57.1 Å². The van der Waals surface area contributed by atoms with Gasteiger partial charge >= 0.3 is 18.0 Å². The van der Waals surface area contributed by atoms with Gasteiger partial charge in [0.05, 0.1) is 24.3 Å². The molecule has 0 spiro atoms. The van der Waals surface area contributed by atoms with Gasteiger partial charge in [-0.25, -0.2) is 14.4 Å². The Balaban J connectivity index is 0.000000482. The van der Waals surface area contributed by atoms with Crippen molar-refractivity contribution >= 4 is 29.3 Å². The van der Waals surface area contributed by atoms with Crippen molar-refractivity contribution in [3.8, 4) is 11.8 Å². The van der Waals surface area contributed by atoms with Crippen LogP contribution in [0.5, 0.6) is 5.75 Å². The number of nitrogens with one attached hydrogen (secondary N) is 1. The third-order valence-corrected chi connectivity index (χ3v) is 7.09. The van der Waals surface area contributed by atoms with Gasteiger partial charge in [0.1, 0.15) is 5.75 Å². The summed E-state index contributed by atoms with van der Waals surface area (Å²) in [5.74, 6) is -1.70. The summed E-state index contributed by atoms with van der Waals surface area (Å²) in [5, 5.41) is 28.6. The largest absolute Gasteiger partial charge is 0.495 e. The lowest BCUT2D eigenvalue weighted by atomic mass is 9.74. The minimum absolute atomic E-state index is 0.126. The average molecular weight is 550 g/mol. The van der Waals surface area contributed by atoms with Crippen LogP contribution >= 0.6 is 0 Å². The van der Waals surface area contributed by atoms with E-state index in [4.69, 9.17) is 14.9 Å². The molecule has 2 fully saturated rings. The molecule has 2 aromatic carbocycles. The first-order valence-electron chi connectivity index (χ1n) is 13.0. The molecule has 0 atom stereocenters.